The van der Waals surface area contributed by atoms with Crippen LogP contribution in [0.1, 0.15) is 27.2 Å². The third-order valence-electron chi connectivity index (χ3n) is 1.95. The predicted octanol–water partition coefficient (Wildman–Crippen LogP) is 1.55. The van der Waals surface area contributed by atoms with Gasteiger partial charge in [-0.25, -0.2) is 0 Å². The summed E-state index contributed by atoms with van der Waals surface area (Å²) in [7, 11) is 1.99. The standard InChI is InChI=1S/C9H19NO/c1-8(2)5-6-10(4)9(3)7-11/h7-9H,5-6H2,1-4H3. The number of carbonyl (C=O) groups is 1. The van der Waals surface area contributed by atoms with E-state index in [0.717, 1.165) is 25.2 Å². The Balaban J connectivity index is 3.51. The number of rotatable bonds is 5. The van der Waals surface area contributed by atoms with Crippen molar-refractivity contribution in [2.24, 2.45) is 5.92 Å². The van der Waals surface area contributed by atoms with E-state index in [-0.39, 0.29) is 6.04 Å². The Morgan fingerprint density at radius 1 is 1.36 bits per heavy atom. The average molecular weight is 157 g/mol. The summed E-state index contributed by atoms with van der Waals surface area (Å²) >= 11 is 0. The van der Waals surface area contributed by atoms with Crippen molar-refractivity contribution in [3.8, 4) is 0 Å². The molecule has 0 heterocycles. The number of likely N-dealkylation sites (N-methyl/N-ethyl adjacent to an activating group) is 1. The van der Waals surface area contributed by atoms with Crippen molar-refractivity contribution in [1.29, 1.82) is 0 Å². The van der Waals surface area contributed by atoms with E-state index in [1.165, 1.54) is 0 Å². The molecule has 0 radical (unpaired) electrons. The zero-order valence-electron chi connectivity index (χ0n) is 8.00. The first-order valence-corrected chi connectivity index (χ1v) is 4.23. The van der Waals surface area contributed by atoms with Gasteiger partial charge in [-0.3, -0.25) is 4.90 Å². The maximum absolute atomic E-state index is 10.3. The average Bonchev–Trinajstić information content (AvgIpc) is 1.98. The topological polar surface area (TPSA) is 20.3 Å². The molecule has 0 rings (SSSR count). The number of carbonyl (C=O) groups excluding carboxylic acids is 1. The molecular weight excluding hydrogens is 138 g/mol. The van der Waals surface area contributed by atoms with Gasteiger partial charge in [0.15, 0.2) is 0 Å². The molecule has 0 saturated carbocycles. The number of hydrogen-bond acceptors (Lipinski definition) is 2. The second-order valence-electron chi connectivity index (χ2n) is 3.54. The molecule has 0 fully saturated rings. The second-order valence-corrected chi connectivity index (χ2v) is 3.54. The molecule has 66 valence electrons. The highest BCUT2D eigenvalue weighted by Crippen LogP contribution is 2.02. The fourth-order valence-electron chi connectivity index (χ4n) is 0.769. The van der Waals surface area contributed by atoms with Gasteiger partial charge in [-0.15, -0.1) is 0 Å². The molecule has 0 bridgehead atoms. The summed E-state index contributed by atoms with van der Waals surface area (Å²) in [5, 5.41) is 0. The molecule has 0 saturated heterocycles. The van der Waals surface area contributed by atoms with Crippen molar-refractivity contribution in [1.82, 2.24) is 4.90 Å². The van der Waals surface area contributed by atoms with E-state index in [0.29, 0.717) is 0 Å². The van der Waals surface area contributed by atoms with Gasteiger partial charge >= 0.3 is 0 Å². The summed E-state index contributed by atoms with van der Waals surface area (Å²) < 4.78 is 0. The monoisotopic (exact) mass is 157 g/mol. The summed E-state index contributed by atoms with van der Waals surface area (Å²) in [6, 6.07) is 0.0637. The van der Waals surface area contributed by atoms with E-state index in [2.05, 4.69) is 18.7 Å². The number of nitrogens with zero attached hydrogens (tertiary/aromatic N) is 1. The molecule has 1 unspecified atom stereocenters. The molecule has 2 heteroatoms. The van der Waals surface area contributed by atoms with Crippen LogP contribution in [0.2, 0.25) is 0 Å². The second kappa shape index (κ2) is 5.30. The number of aldehydes is 1. The zero-order valence-corrected chi connectivity index (χ0v) is 8.00. The molecule has 0 aromatic rings. The maximum atomic E-state index is 10.3. The molecule has 0 N–H and O–H groups in total. The molecule has 2 nitrogen and oxygen atoms in total. The third kappa shape index (κ3) is 4.96. The summed E-state index contributed by atoms with van der Waals surface area (Å²) in [6.07, 6.45) is 2.15. The van der Waals surface area contributed by atoms with Crippen LogP contribution in [0.5, 0.6) is 0 Å². The molecule has 0 aliphatic carbocycles. The van der Waals surface area contributed by atoms with Crippen LogP contribution in [0.25, 0.3) is 0 Å². The van der Waals surface area contributed by atoms with Crippen LogP contribution in [0.3, 0.4) is 0 Å². The molecular formula is C9H19NO. The summed E-state index contributed by atoms with van der Waals surface area (Å²) in [6.45, 7) is 7.32. The Morgan fingerprint density at radius 2 is 1.91 bits per heavy atom. The fourth-order valence-corrected chi connectivity index (χ4v) is 0.769. The van der Waals surface area contributed by atoms with E-state index in [1.807, 2.05) is 14.0 Å². The highest BCUT2D eigenvalue weighted by atomic mass is 16.1. The van der Waals surface area contributed by atoms with Crippen LogP contribution in [0.4, 0.5) is 0 Å². The van der Waals surface area contributed by atoms with Gasteiger partial charge in [0.2, 0.25) is 0 Å². The molecule has 0 aliphatic rings. The quantitative estimate of drug-likeness (QED) is 0.564. The molecule has 0 amide bonds. The summed E-state index contributed by atoms with van der Waals surface area (Å²) in [5.41, 5.74) is 0. The zero-order chi connectivity index (χ0) is 8.85. The first-order chi connectivity index (χ1) is 5.07. The third-order valence-corrected chi connectivity index (χ3v) is 1.95. The Kier molecular flexibility index (Phi) is 5.12. The Labute approximate surface area is 69.6 Å². The van der Waals surface area contributed by atoms with Crippen molar-refractivity contribution >= 4 is 6.29 Å². The van der Waals surface area contributed by atoms with Crippen LogP contribution in [-0.4, -0.2) is 30.8 Å². The minimum atomic E-state index is 0.0637. The van der Waals surface area contributed by atoms with Gasteiger partial charge in [-0.1, -0.05) is 13.8 Å². The summed E-state index contributed by atoms with van der Waals surface area (Å²) in [4.78, 5) is 12.4. The molecule has 0 spiro atoms. The minimum Gasteiger partial charge on any atom is -0.302 e. The largest absolute Gasteiger partial charge is 0.302 e. The normalized spacial score (nSPS) is 14.0. The van der Waals surface area contributed by atoms with E-state index < -0.39 is 0 Å². The lowest BCUT2D eigenvalue weighted by atomic mass is 10.1. The lowest BCUT2D eigenvalue weighted by molar-refractivity contribution is -0.111. The van der Waals surface area contributed by atoms with Crippen molar-refractivity contribution in [2.75, 3.05) is 13.6 Å². The van der Waals surface area contributed by atoms with Crippen LogP contribution in [0.15, 0.2) is 0 Å². The van der Waals surface area contributed by atoms with Crippen LogP contribution in [-0.2, 0) is 4.79 Å². The van der Waals surface area contributed by atoms with Crippen LogP contribution in [0, 0.1) is 5.92 Å². The fraction of sp³-hybridized carbons (Fsp3) is 0.889. The van der Waals surface area contributed by atoms with Gasteiger partial charge in [0.1, 0.15) is 6.29 Å². The lowest BCUT2D eigenvalue weighted by Gasteiger charge is -2.20. The highest BCUT2D eigenvalue weighted by Gasteiger charge is 2.06. The highest BCUT2D eigenvalue weighted by molar-refractivity contribution is 5.56. The van der Waals surface area contributed by atoms with Gasteiger partial charge in [-0.05, 0) is 32.9 Å². The molecule has 0 aliphatic heterocycles. The van der Waals surface area contributed by atoms with Gasteiger partial charge in [0, 0.05) is 0 Å². The maximum Gasteiger partial charge on any atom is 0.136 e. The smallest absolute Gasteiger partial charge is 0.136 e. The first kappa shape index (κ1) is 10.6. The Bertz CT molecular complexity index is 112. The molecule has 11 heavy (non-hydrogen) atoms. The van der Waals surface area contributed by atoms with Crippen molar-refractivity contribution in [2.45, 2.75) is 33.2 Å². The van der Waals surface area contributed by atoms with E-state index in [1.54, 1.807) is 0 Å². The van der Waals surface area contributed by atoms with Gasteiger partial charge < -0.3 is 4.79 Å². The number of hydrogen-bond donors (Lipinski definition) is 0. The van der Waals surface area contributed by atoms with Crippen LogP contribution >= 0.6 is 0 Å². The predicted molar refractivity (Wildman–Crippen MR) is 47.6 cm³/mol. The lowest BCUT2D eigenvalue weighted by Crippen LogP contribution is -2.31. The van der Waals surface area contributed by atoms with Gasteiger partial charge in [0.25, 0.3) is 0 Å². The minimum absolute atomic E-state index is 0.0637. The first-order valence-electron chi connectivity index (χ1n) is 4.23. The molecule has 0 aromatic carbocycles. The van der Waals surface area contributed by atoms with E-state index in [4.69, 9.17) is 0 Å². The Morgan fingerprint density at radius 3 is 2.27 bits per heavy atom. The SMILES string of the molecule is CC(C)CCN(C)C(C)C=O. The van der Waals surface area contributed by atoms with Crippen molar-refractivity contribution < 1.29 is 4.79 Å². The van der Waals surface area contributed by atoms with Crippen molar-refractivity contribution in [3.05, 3.63) is 0 Å². The van der Waals surface area contributed by atoms with E-state index >= 15 is 0 Å². The van der Waals surface area contributed by atoms with Gasteiger partial charge in [-0.2, -0.15) is 0 Å². The van der Waals surface area contributed by atoms with Gasteiger partial charge in [0.05, 0.1) is 6.04 Å². The molecule has 1 atom stereocenters. The van der Waals surface area contributed by atoms with E-state index in [9.17, 15) is 4.79 Å². The Hall–Kier alpha value is -0.370. The van der Waals surface area contributed by atoms with Crippen molar-refractivity contribution in [3.63, 3.8) is 0 Å². The molecule has 0 aromatic heterocycles. The summed E-state index contributed by atoms with van der Waals surface area (Å²) in [5.74, 6) is 0.719. The van der Waals surface area contributed by atoms with Crippen LogP contribution < -0.4 is 0 Å².